The molecule has 20 heavy (non-hydrogen) atoms. The number of furan rings is 2. The van der Waals surface area contributed by atoms with Crippen LogP contribution in [0.1, 0.15) is 11.5 Å². The standard InChI is InChI=1S/C15H11N3O2/c1-6-14(16-10-12-4-2-8-19-12)18-15(7-1)17-11-13-5-3-9-20-13/h1-11H/b16-10+,17-11?. The van der Waals surface area contributed by atoms with E-state index in [0.29, 0.717) is 23.2 Å². The Morgan fingerprint density at radius 1 is 0.750 bits per heavy atom. The predicted octanol–water partition coefficient (Wildman–Crippen LogP) is 3.77. The highest BCUT2D eigenvalue weighted by Gasteiger charge is 1.95. The maximum absolute atomic E-state index is 5.16. The number of aliphatic imine (C=N–C) groups is 2. The molecule has 0 unspecified atom stereocenters. The molecule has 0 bridgehead atoms. The summed E-state index contributed by atoms with van der Waals surface area (Å²) in [6.45, 7) is 0. The van der Waals surface area contributed by atoms with E-state index in [2.05, 4.69) is 15.0 Å². The Kier molecular flexibility index (Phi) is 3.51. The van der Waals surface area contributed by atoms with Gasteiger partial charge in [0, 0.05) is 0 Å². The average molecular weight is 265 g/mol. The van der Waals surface area contributed by atoms with E-state index in [1.807, 2.05) is 18.2 Å². The third kappa shape index (κ3) is 3.08. The van der Waals surface area contributed by atoms with E-state index in [-0.39, 0.29) is 0 Å². The van der Waals surface area contributed by atoms with Gasteiger partial charge in [-0.1, -0.05) is 6.07 Å². The molecule has 0 atom stereocenters. The van der Waals surface area contributed by atoms with Crippen molar-refractivity contribution in [3.63, 3.8) is 0 Å². The van der Waals surface area contributed by atoms with Crippen molar-refractivity contribution < 1.29 is 8.83 Å². The van der Waals surface area contributed by atoms with Crippen molar-refractivity contribution in [3.8, 4) is 0 Å². The van der Waals surface area contributed by atoms with Crippen LogP contribution in [-0.4, -0.2) is 17.4 Å². The van der Waals surface area contributed by atoms with E-state index >= 15 is 0 Å². The highest BCUT2D eigenvalue weighted by atomic mass is 16.3. The highest BCUT2D eigenvalue weighted by molar-refractivity contribution is 5.79. The molecule has 98 valence electrons. The monoisotopic (exact) mass is 265 g/mol. The van der Waals surface area contributed by atoms with Gasteiger partial charge >= 0.3 is 0 Å². The summed E-state index contributed by atoms with van der Waals surface area (Å²) < 4.78 is 10.3. The molecule has 0 N–H and O–H groups in total. The van der Waals surface area contributed by atoms with Crippen LogP contribution in [0.25, 0.3) is 0 Å². The lowest BCUT2D eigenvalue weighted by Gasteiger charge is -1.94. The summed E-state index contributed by atoms with van der Waals surface area (Å²) in [5.74, 6) is 2.48. The number of pyridine rings is 1. The maximum Gasteiger partial charge on any atom is 0.154 e. The molecule has 3 aromatic rings. The number of hydrogen-bond acceptors (Lipinski definition) is 5. The van der Waals surface area contributed by atoms with E-state index in [1.54, 1.807) is 49.2 Å². The van der Waals surface area contributed by atoms with Gasteiger partial charge in [0.25, 0.3) is 0 Å². The summed E-state index contributed by atoms with van der Waals surface area (Å²) in [7, 11) is 0. The van der Waals surface area contributed by atoms with Crippen molar-refractivity contribution in [3.05, 3.63) is 66.5 Å². The van der Waals surface area contributed by atoms with E-state index in [9.17, 15) is 0 Å². The first kappa shape index (κ1) is 12.1. The van der Waals surface area contributed by atoms with Crippen LogP contribution < -0.4 is 0 Å². The molecule has 0 aliphatic rings. The van der Waals surface area contributed by atoms with Crippen LogP contribution >= 0.6 is 0 Å². The third-order valence-electron chi connectivity index (χ3n) is 2.45. The number of hydrogen-bond donors (Lipinski definition) is 0. The van der Waals surface area contributed by atoms with Gasteiger partial charge in [0.2, 0.25) is 0 Å². The van der Waals surface area contributed by atoms with Crippen molar-refractivity contribution in [1.29, 1.82) is 0 Å². The molecule has 0 saturated heterocycles. The number of nitrogens with zero attached hydrogens (tertiary/aromatic N) is 3. The fourth-order valence-electron chi connectivity index (χ4n) is 1.54. The molecular weight excluding hydrogens is 254 g/mol. The largest absolute Gasteiger partial charge is 0.463 e. The van der Waals surface area contributed by atoms with Crippen molar-refractivity contribution >= 4 is 24.1 Å². The van der Waals surface area contributed by atoms with Crippen molar-refractivity contribution in [2.75, 3.05) is 0 Å². The van der Waals surface area contributed by atoms with Gasteiger partial charge < -0.3 is 8.83 Å². The van der Waals surface area contributed by atoms with Crippen LogP contribution in [0.15, 0.2) is 73.8 Å². The van der Waals surface area contributed by atoms with Gasteiger partial charge in [-0.2, -0.15) is 0 Å². The van der Waals surface area contributed by atoms with Gasteiger partial charge in [-0.15, -0.1) is 0 Å². The van der Waals surface area contributed by atoms with E-state index < -0.39 is 0 Å². The Labute approximate surface area is 115 Å². The molecule has 0 saturated carbocycles. The van der Waals surface area contributed by atoms with Gasteiger partial charge in [0.05, 0.1) is 25.0 Å². The van der Waals surface area contributed by atoms with E-state index in [0.717, 1.165) is 0 Å². The first-order valence-electron chi connectivity index (χ1n) is 6.02. The molecular formula is C15H11N3O2. The van der Waals surface area contributed by atoms with Crippen LogP contribution in [0.2, 0.25) is 0 Å². The third-order valence-corrected chi connectivity index (χ3v) is 2.45. The minimum absolute atomic E-state index is 0.565. The second-order valence-electron chi connectivity index (χ2n) is 3.90. The molecule has 5 heteroatoms. The molecule has 0 radical (unpaired) electrons. The number of aromatic nitrogens is 1. The Bertz CT molecular complexity index is 654. The Hall–Kier alpha value is -2.95. The molecule has 3 rings (SSSR count). The smallest absolute Gasteiger partial charge is 0.154 e. The second kappa shape index (κ2) is 5.79. The minimum atomic E-state index is 0.565. The first-order chi connectivity index (χ1) is 9.90. The topological polar surface area (TPSA) is 63.9 Å². The molecule has 0 aliphatic carbocycles. The van der Waals surface area contributed by atoms with Gasteiger partial charge in [0.15, 0.2) is 11.6 Å². The summed E-state index contributed by atoms with van der Waals surface area (Å²) in [6, 6.07) is 12.7. The van der Waals surface area contributed by atoms with Crippen LogP contribution in [0.4, 0.5) is 11.6 Å². The summed E-state index contributed by atoms with van der Waals surface area (Å²) in [5.41, 5.74) is 0. The maximum atomic E-state index is 5.16. The molecule has 0 fully saturated rings. The summed E-state index contributed by atoms with van der Waals surface area (Å²) in [6.07, 6.45) is 6.42. The van der Waals surface area contributed by atoms with Gasteiger partial charge in [-0.25, -0.2) is 15.0 Å². The van der Waals surface area contributed by atoms with E-state index in [1.165, 1.54) is 0 Å². The van der Waals surface area contributed by atoms with Crippen LogP contribution in [0, 0.1) is 0 Å². The second-order valence-corrected chi connectivity index (χ2v) is 3.90. The van der Waals surface area contributed by atoms with E-state index in [4.69, 9.17) is 8.83 Å². The van der Waals surface area contributed by atoms with Crippen molar-refractivity contribution in [2.24, 2.45) is 9.98 Å². The summed E-state index contributed by atoms with van der Waals surface area (Å²) >= 11 is 0. The average Bonchev–Trinajstić information content (AvgIpc) is 3.17. The van der Waals surface area contributed by atoms with Crippen LogP contribution in [0.5, 0.6) is 0 Å². The number of rotatable bonds is 4. The molecule has 0 aliphatic heterocycles. The lowest BCUT2D eigenvalue weighted by Crippen LogP contribution is -1.79. The van der Waals surface area contributed by atoms with Gasteiger partial charge in [-0.05, 0) is 36.4 Å². The predicted molar refractivity (Wildman–Crippen MR) is 76.2 cm³/mol. The Balaban J connectivity index is 1.76. The lowest BCUT2D eigenvalue weighted by molar-refractivity contribution is 0.560. The Morgan fingerprint density at radius 2 is 1.30 bits per heavy atom. The molecule has 3 aromatic heterocycles. The summed E-state index contributed by atoms with van der Waals surface area (Å²) in [4.78, 5) is 12.7. The fourth-order valence-corrected chi connectivity index (χ4v) is 1.54. The zero-order chi connectivity index (χ0) is 13.6. The SMILES string of the molecule is C(=Nc1cccc(/N=C/c2ccco2)n1)c1ccco1. The fraction of sp³-hybridized carbons (Fsp3) is 0. The van der Waals surface area contributed by atoms with Crippen molar-refractivity contribution in [1.82, 2.24) is 4.98 Å². The normalized spacial score (nSPS) is 11.6. The zero-order valence-electron chi connectivity index (χ0n) is 10.5. The Morgan fingerprint density at radius 3 is 1.75 bits per heavy atom. The minimum Gasteiger partial charge on any atom is -0.463 e. The molecule has 0 spiro atoms. The van der Waals surface area contributed by atoms with Gasteiger partial charge in [-0.3, -0.25) is 0 Å². The molecule has 5 nitrogen and oxygen atoms in total. The molecule has 3 heterocycles. The van der Waals surface area contributed by atoms with Crippen LogP contribution in [-0.2, 0) is 0 Å². The molecule has 0 aromatic carbocycles. The van der Waals surface area contributed by atoms with Crippen LogP contribution in [0.3, 0.4) is 0 Å². The lowest BCUT2D eigenvalue weighted by atomic mass is 10.4. The highest BCUT2D eigenvalue weighted by Crippen LogP contribution is 2.15. The first-order valence-corrected chi connectivity index (χ1v) is 6.02. The quantitative estimate of drug-likeness (QED) is 0.674. The summed E-state index contributed by atoms with van der Waals surface area (Å²) in [5, 5.41) is 0. The molecule has 0 amide bonds. The van der Waals surface area contributed by atoms with Gasteiger partial charge in [0.1, 0.15) is 11.5 Å². The zero-order valence-corrected chi connectivity index (χ0v) is 10.5. The van der Waals surface area contributed by atoms with Crippen molar-refractivity contribution in [2.45, 2.75) is 0 Å².